The molecule has 1 unspecified atom stereocenters. The molecule has 0 spiro atoms. The number of rotatable bonds is 7. The number of carbonyl (C=O) groups excluding carboxylic acids is 1. The summed E-state index contributed by atoms with van der Waals surface area (Å²) in [6.45, 7) is 2.09. The van der Waals surface area contributed by atoms with Gasteiger partial charge in [0.25, 0.3) is 0 Å². The van der Waals surface area contributed by atoms with Gasteiger partial charge in [0.05, 0.1) is 19.9 Å². The summed E-state index contributed by atoms with van der Waals surface area (Å²) in [7, 11) is 3.02. The van der Waals surface area contributed by atoms with E-state index in [-0.39, 0.29) is 12.0 Å². The van der Waals surface area contributed by atoms with Crippen LogP contribution in [0.4, 0.5) is 5.69 Å². The second-order valence-corrected chi connectivity index (χ2v) is 4.06. The van der Waals surface area contributed by atoms with Gasteiger partial charge in [-0.3, -0.25) is 0 Å². The van der Waals surface area contributed by atoms with Crippen LogP contribution in [0.25, 0.3) is 0 Å². The minimum atomic E-state index is -0.328. The minimum absolute atomic E-state index is 0.241. The smallest absolute Gasteiger partial charge is 0.328 e. The van der Waals surface area contributed by atoms with Crippen molar-refractivity contribution in [3.05, 3.63) is 24.3 Å². The van der Waals surface area contributed by atoms with Gasteiger partial charge >= 0.3 is 5.97 Å². The van der Waals surface area contributed by atoms with Gasteiger partial charge in [0.2, 0.25) is 0 Å². The van der Waals surface area contributed by atoms with E-state index in [0.29, 0.717) is 0 Å². The van der Waals surface area contributed by atoms with Crippen molar-refractivity contribution in [2.75, 3.05) is 19.5 Å². The zero-order chi connectivity index (χ0) is 13.4. The molecule has 100 valence electrons. The molecule has 0 aliphatic heterocycles. The van der Waals surface area contributed by atoms with E-state index in [0.717, 1.165) is 30.7 Å². The summed E-state index contributed by atoms with van der Waals surface area (Å²) in [6, 6.07) is 7.21. The Morgan fingerprint density at radius 2 is 2.06 bits per heavy atom. The Morgan fingerprint density at radius 3 is 2.67 bits per heavy atom. The van der Waals surface area contributed by atoms with E-state index in [1.165, 1.54) is 7.11 Å². The third-order valence-electron chi connectivity index (χ3n) is 2.77. The fourth-order valence-electron chi connectivity index (χ4n) is 1.75. The van der Waals surface area contributed by atoms with Crippen LogP contribution in [0, 0.1) is 0 Å². The maximum atomic E-state index is 11.7. The first-order valence-electron chi connectivity index (χ1n) is 6.20. The Balaban J connectivity index is 2.78. The van der Waals surface area contributed by atoms with Crippen molar-refractivity contribution in [1.29, 1.82) is 0 Å². The summed E-state index contributed by atoms with van der Waals surface area (Å²) in [5.41, 5.74) is 0.812. The topological polar surface area (TPSA) is 47.6 Å². The average molecular weight is 251 g/mol. The molecule has 18 heavy (non-hydrogen) atoms. The summed E-state index contributed by atoms with van der Waals surface area (Å²) in [5.74, 6) is 0.484. The lowest BCUT2D eigenvalue weighted by Crippen LogP contribution is -2.30. The number of hydrogen-bond acceptors (Lipinski definition) is 4. The van der Waals surface area contributed by atoms with Gasteiger partial charge in [0.1, 0.15) is 11.8 Å². The van der Waals surface area contributed by atoms with E-state index in [2.05, 4.69) is 12.2 Å². The highest BCUT2D eigenvalue weighted by atomic mass is 16.5. The first-order valence-corrected chi connectivity index (χ1v) is 6.20. The van der Waals surface area contributed by atoms with E-state index in [4.69, 9.17) is 9.47 Å². The largest absolute Gasteiger partial charge is 0.495 e. The van der Waals surface area contributed by atoms with Crippen LogP contribution in [0.15, 0.2) is 24.3 Å². The number of ether oxygens (including phenoxy) is 2. The molecule has 1 aromatic carbocycles. The highest BCUT2D eigenvalue weighted by Crippen LogP contribution is 2.24. The summed E-state index contributed by atoms with van der Waals surface area (Å²) in [5, 5.41) is 3.18. The Hall–Kier alpha value is -1.71. The monoisotopic (exact) mass is 251 g/mol. The van der Waals surface area contributed by atoms with E-state index >= 15 is 0 Å². The van der Waals surface area contributed by atoms with Crippen LogP contribution in [0.1, 0.15) is 26.2 Å². The number of unbranched alkanes of at least 4 members (excludes halogenated alkanes) is 1. The molecule has 4 heteroatoms. The highest BCUT2D eigenvalue weighted by molar-refractivity contribution is 5.80. The summed E-state index contributed by atoms with van der Waals surface area (Å²) >= 11 is 0. The van der Waals surface area contributed by atoms with Gasteiger partial charge in [-0.2, -0.15) is 0 Å². The third kappa shape index (κ3) is 3.95. The first kappa shape index (κ1) is 14.4. The summed E-state index contributed by atoms with van der Waals surface area (Å²) in [4.78, 5) is 11.7. The van der Waals surface area contributed by atoms with Gasteiger partial charge in [-0.15, -0.1) is 0 Å². The van der Waals surface area contributed by atoms with E-state index in [1.54, 1.807) is 7.11 Å². The molecule has 4 nitrogen and oxygen atoms in total. The van der Waals surface area contributed by atoms with Crippen molar-refractivity contribution >= 4 is 11.7 Å². The molecule has 0 bridgehead atoms. The fourth-order valence-corrected chi connectivity index (χ4v) is 1.75. The number of nitrogens with one attached hydrogen (secondary N) is 1. The zero-order valence-electron chi connectivity index (χ0n) is 11.2. The second kappa shape index (κ2) is 7.58. The van der Waals surface area contributed by atoms with E-state index in [1.807, 2.05) is 24.3 Å². The quantitative estimate of drug-likeness (QED) is 0.757. The molecule has 1 N–H and O–H groups in total. The molecule has 1 rings (SSSR count). The Morgan fingerprint density at radius 1 is 1.33 bits per heavy atom. The molecule has 0 fully saturated rings. The lowest BCUT2D eigenvalue weighted by Gasteiger charge is -2.19. The minimum Gasteiger partial charge on any atom is -0.495 e. The predicted octanol–water partition coefficient (Wildman–Crippen LogP) is 2.84. The predicted molar refractivity (Wildman–Crippen MR) is 71.9 cm³/mol. The lowest BCUT2D eigenvalue weighted by molar-refractivity contribution is -0.141. The molecule has 0 heterocycles. The number of hydrogen-bond donors (Lipinski definition) is 1. The maximum Gasteiger partial charge on any atom is 0.328 e. The number of carbonyl (C=O) groups is 1. The number of methoxy groups -OCH3 is 2. The molecule has 0 saturated carbocycles. The number of para-hydroxylation sites is 2. The van der Waals surface area contributed by atoms with Crippen molar-refractivity contribution in [1.82, 2.24) is 0 Å². The lowest BCUT2D eigenvalue weighted by atomic mass is 10.1. The van der Waals surface area contributed by atoms with Gasteiger partial charge in [-0.1, -0.05) is 31.9 Å². The molecule has 0 radical (unpaired) electrons. The molecule has 1 atom stereocenters. The molecule has 0 aliphatic rings. The summed E-state index contributed by atoms with van der Waals surface area (Å²) < 4.78 is 10.1. The Kier molecular flexibility index (Phi) is 6.05. The van der Waals surface area contributed by atoms with Crippen LogP contribution >= 0.6 is 0 Å². The molecule has 0 aromatic heterocycles. The van der Waals surface area contributed by atoms with Crippen LogP contribution in [-0.4, -0.2) is 26.2 Å². The van der Waals surface area contributed by atoms with Gasteiger partial charge in [-0.05, 0) is 18.6 Å². The van der Waals surface area contributed by atoms with Crippen LogP contribution < -0.4 is 10.1 Å². The molecule has 1 aromatic rings. The highest BCUT2D eigenvalue weighted by Gasteiger charge is 2.19. The van der Waals surface area contributed by atoms with E-state index < -0.39 is 0 Å². The number of anilines is 1. The van der Waals surface area contributed by atoms with E-state index in [9.17, 15) is 4.79 Å². The van der Waals surface area contributed by atoms with Crippen molar-refractivity contribution in [2.45, 2.75) is 32.2 Å². The maximum absolute atomic E-state index is 11.7. The second-order valence-electron chi connectivity index (χ2n) is 4.06. The molecular weight excluding hydrogens is 230 g/mol. The van der Waals surface area contributed by atoms with Crippen LogP contribution in [0.3, 0.4) is 0 Å². The normalized spacial score (nSPS) is 11.7. The van der Waals surface area contributed by atoms with Crippen molar-refractivity contribution in [2.24, 2.45) is 0 Å². The number of benzene rings is 1. The third-order valence-corrected chi connectivity index (χ3v) is 2.77. The molecule has 0 aliphatic carbocycles. The molecule has 0 saturated heterocycles. The Labute approximate surface area is 108 Å². The van der Waals surface area contributed by atoms with Crippen LogP contribution in [0.2, 0.25) is 0 Å². The average Bonchev–Trinajstić information content (AvgIpc) is 2.42. The van der Waals surface area contributed by atoms with Crippen molar-refractivity contribution < 1.29 is 14.3 Å². The zero-order valence-corrected chi connectivity index (χ0v) is 11.2. The summed E-state index contributed by atoms with van der Waals surface area (Å²) in [6.07, 6.45) is 2.77. The van der Waals surface area contributed by atoms with Crippen LogP contribution in [-0.2, 0) is 9.53 Å². The van der Waals surface area contributed by atoms with Gasteiger partial charge in [0.15, 0.2) is 0 Å². The standard InChI is InChI=1S/C14H21NO3/c1-4-5-8-12(14(16)18-3)15-11-9-6-7-10-13(11)17-2/h6-7,9-10,12,15H,4-5,8H2,1-3H3. The van der Waals surface area contributed by atoms with Gasteiger partial charge in [-0.25, -0.2) is 4.79 Å². The van der Waals surface area contributed by atoms with Crippen molar-refractivity contribution in [3.8, 4) is 5.75 Å². The van der Waals surface area contributed by atoms with Gasteiger partial charge in [0, 0.05) is 0 Å². The Bertz CT molecular complexity index is 379. The molecule has 0 amide bonds. The van der Waals surface area contributed by atoms with Crippen LogP contribution in [0.5, 0.6) is 5.75 Å². The SMILES string of the molecule is CCCCC(Nc1ccccc1OC)C(=O)OC. The number of esters is 1. The first-order chi connectivity index (χ1) is 8.72. The van der Waals surface area contributed by atoms with Crippen molar-refractivity contribution in [3.63, 3.8) is 0 Å². The molecular formula is C14H21NO3. The van der Waals surface area contributed by atoms with Gasteiger partial charge < -0.3 is 14.8 Å². The fraction of sp³-hybridized carbons (Fsp3) is 0.500.